The van der Waals surface area contributed by atoms with Gasteiger partial charge in [-0.2, -0.15) is 13.2 Å². The highest BCUT2D eigenvalue weighted by Gasteiger charge is 2.30. The lowest BCUT2D eigenvalue weighted by Gasteiger charge is -2.13. The van der Waals surface area contributed by atoms with Gasteiger partial charge in [-0.1, -0.05) is 29.4 Å². The molecule has 0 N–H and O–H groups in total. The number of hydrogen-bond acceptors (Lipinski definition) is 5. The summed E-state index contributed by atoms with van der Waals surface area (Å²) in [7, 11) is -3.70. The molecule has 182 valence electrons. The Hall–Kier alpha value is -4.18. The van der Waals surface area contributed by atoms with Crippen molar-refractivity contribution in [3.8, 4) is 16.8 Å². The number of halogens is 3. The molecule has 0 aliphatic heterocycles. The first-order chi connectivity index (χ1) is 17.1. The molecule has 3 aromatic carbocycles. The van der Waals surface area contributed by atoms with Gasteiger partial charge in [-0.3, -0.25) is 9.36 Å². The average molecular weight is 510 g/mol. The van der Waals surface area contributed by atoms with Crippen molar-refractivity contribution in [2.45, 2.75) is 16.8 Å². The molecule has 0 unspecified atom stereocenters. The minimum Gasteiger partial charge on any atom is -0.364 e. The van der Waals surface area contributed by atoms with Crippen molar-refractivity contribution in [1.82, 2.24) is 9.72 Å². The van der Waals surface area contributed by atoms with E-state index in [1.807, 2.05) is 0 Å². The molecular formula is C26H17F3N2O4S. The zero-order chi connectivity index (χ0) is 25.5. The predicted molar refractivity (Wildman–Crippen MR) is 127 cm³/mol. The molecule has 0 bridgehead atoms. The molecule has 0 aliphatic carbocycles. The Labute approximate surface area is 203 Å². The fourth-order valence-corrected chi connectivity index (χ4v) is 5.24. The maximum Gasteiger partial charge on any atom is 0.416 e. The van der Waals surface area contributed by atoms with Crippen LogP contribution < -0.4 is 5.56 Å². The smallest absolute Gasteiger partial charge is 0.364 e. The molecule has 36 heavy (non-hydrogen) atoms. The zero-order valence-corrected chi connectivity index (χ0v) is 19.3. The van der Waals surface area contributed by atoms with E-state index in [1.54, 1.807) is 42.5 Å². The summed E-state index contributed by atoms with van der Waals surface area (Å²) in [5.74, 6) is -0.328. The predicted octanol–water partition coefficient (Wildman–Crippen LogP) is 5.64. The van der Waals surface area contributed by atoms with E-state index >= 15 is 0 Å². The summed E-state index contributed by atoms with van der Waals surface area (Å²) in [5.41, 5.74) is 1.11. The number of aromatic nitrogens is 2. The van der Waals surface area contributed by atoms with Gasteiger partial charge in [0.05, 0.1) is 21.7 Å². The quantitative estimate of drug-likeness (QED) is 0.306. The summed E-state index contributed by atoms with van der Waals surface area (Å²) in [6.45, 7) is 0. The van der Waals surface area contributed by atoms with Crippen LogP contribution in [0, 0.1) is 0 Å². The van der Waals surface area contributed by atoms with Crippen LogP contribution >= 0.6 is 0 Å². The maximum absolute atomic E-state index is 13.1. The normalized spacial score (nSPS) is 12.2. The van der Waals surface area contributed by atoms with Crippen LogP contribution in [-0.4, -0.2) is 18.1 Å². The van der Waals surface area contributed by atoms with Gasteiger partial charge in [-0.25, -0.2) is 8.42 Å². The number of fused-ring (bicyclic) bond motifs is 1. The van der Waals surface area contributed by atoms with E-state index in [4.69, 9.17) is 4.52 Å². The standard InChI is InChI=1S/C26H17F3N2O4S/c27-26(28,29)20-3-1-2-18(14-20)17-4-7-22(8-5-17)31-24-10-9-23(15-19(24)6-11-25(31)32)36(33,34)16-21-12-13-35-30-21/h1-15H,16H2. The molecule has 5 aromatic rings. The summed E-state index contributed by atoms with van der Waals surface area (Å²) in [5, 5.41) is 4.17. The van der Waals surface area contributed by atoms with Crippen LogP contribution in [0.5, 0.6) is 0 Å². The molecule has 2 aromatic heterocycles. The van der Waals surface area contributed by atoms with E-state index in [-0.39, 0.29) is 21.9 Å². The van der Waals surface area contributed by atoms with Crippen LogP contribution in [0.4, 0.5) is 13.2 Å². The number of alkyl halides is 3. The van der Waals surface area contributed by atoms with Gasteiger partial charge in [0.15, 0.2) is 9.84 Å². The van der Waals surface area contributed by atoms with Crippen molar-refractivity contribution in [3.05, 3.63) is 113 Å². The zero-order valence-electron chi connectivity index (χ0n) is 18.4. The Bertz CT molecular complexity index is 1720. The fraction of sp³-hybridized carbons (Fsp3) is 0.0769. The van der Waals surface area contributed by atoms with Gasteiger partial charge in [-0.15, -0.1) is 0 Å². The second-order valence-electron chi connectivity index (χ2n) is 8.10. The van der Waals surface area contributed by atoms with Gasteiger partial charge in [0.25, 0.3) is 5.56 Å². The highest BCUT2D eigenvalue weighted by molar-refractivity contribution is 7.90. The SMILES string of the molecule is O=c1ccc2cc(S(=O)(=O)Cc3ccon3)ccc2n1-c1ccc(-c2cccc(C(F)(F)F)c2)cc1. The van der Waals surface area contributed by atoms with Crippen LogP contribution in [0.3, 0.4) is 0 Å². The van der Waals surface area contributed by atoms with Crippen LogP contribution in [0.2, 0.25) is 0 Å². The molecule has 2 heterocycles. The number of nitrogens with zero attached hydrogens (tertiary/aromatic N) is 2. The monoisotopic (exact) mass is 510 g/mol. The Balaban J connectivity index is 1.52. The Morgan fingerprint density at radius 1 is 0.861 bits per heavy atom. The molecule has 0 saturated heterocycles. The molecule has 0 atom stereocenters. The van der Waals surface area contributed by atoms with Crippen molar-refractivity contribution in [1.29, 1.82) is 0 Å². The van der Waals surface area contributed by atoms with Crippen molar-refractivity contribution < 1.29 is 26.1 Å². The number of benzene rings is 3. The second kappa shape index (κ2) is 8.80. The molecule has 0 fully saturated rings. The fourth-order valence-electron chi connectivity index (χ4n) is 3.95. The van der Waals surface area contributed by atoms with Crippen LogP contribution in [0.15, 0.2) is 105 Å². The third kappa shape index (κ3) is 4.55. The van der Waals surface area contributed by atoms with Crippen molar-refractivity contribution in [3.63, 3.8) is 0 Å². The van der Waals surface area contributed by atoms with Gasteiger partial charge in [0.2, 0.25) is 0 Å². The first-order valence-corrected chi connectivity index (χ1v) is 12.3. The number of sulfone groups is 1. The van der Waals surface area contributed by atoms with Crippen molar-refractivity contribution >= 4 is 20.7 Å². The van der Waals surface area contributed by atoms with E-state index in [1.165, 1.54) is 41.2 Å². The van der Waals surface area contributed by atoms with E-state index in [9.17, 15) is 26.4 Å². The molecule has 0 amide bonds. The number of pyridine rings is 1. The average Bonchev–Trinajstić information content (AvgIpc) is 3.36. The van der Waals surface area contributed by atoms with Gasteiger partial charge >= 0.3 is 6.18 Å². The van der Waals surface area contributed by atoms with Crippen molar-refractivity contribution in [2.75, 3.05) is 0 Å². The van der Waals surface area contributed by atoms with E-state index < -0.39 is 21.6 Å². The van der Waals surface area contributed by atoms with Crippen LogP contribution in [0.25, 0.3) is 27.7 Å². The molecule has 5 rings (SSSR count). The lowest BCUT2D eigenvalue weighted by atomic mass is 10.0. The summed E-state index contributed by atoms with van der Waals surface area (Å²) < 4.78 is 70.9. The highest BCUT2D eigenvalue weighted by atomic mass is 32.2. The van der Waals surface area contributed by atoms with E-state index in [2.05, 4.69) is 5.16 Å². The van der Waals surface area contributed by atoms with Crippen LogP contribution in [0.1, 0.15) is 11.3 Å². The third-order valence-corrected chi connectivity index (χ3v) is 7.35. The first kappa shape index (κ1) is 23.6. The van der Waals surface area contributed by atoms with Gasteiger partial charge in [0, 0.05) is 23.2 Å². The Kier molecular flexibility index (Phi) is 5.76. The Morgan fingerprint density at radius 2 is 1.64 bits per heavy atom. The Morgan fingerprint density at radius 3 is 2.33 bits per heavy atom. The largest absolute Gasteiger partial charge is 0.416 e. The summed E-state index contributed by atoms with van der Waals surface area (Å²) >= 11 is 0. The third-order valence-electron chi connectivity index (χ3n) is 5.70. The molecule has 6 nitrogen and oxygen atoms in total. The van der Waals surface area contributed by atoms with Gasteiger partial charge in [0.1, 0.15) is 12.0 Å². The molecule has 0 radical (unpaired) electrons. The van der Waals surface area contributed by atoms with E-state index in [0.717, 1.165) is 12.1 Å². The summed E-state index contributed by atoms with van der Waals surface area (Å²) in [6.07, 6.45) is -3.16. The molecular weight excluding hydrogens is 493 g/mol. The topological polar surface area (TPSA) is 82.2 Å². The molecule has 10 heteroatoms. The first-order valence-electron chi connectivity index (χ1n) is 10.7. The molecule has 0 saturated carbocycles. The molecule has 0 aliphatic rings. The summed E-state index contributed by atoms with van der Waals surface area (Å²) in [4.78, 5) is 12.8. The number of rotatable bonds is 5. The van der Waals surface area contributed by atoms with Crippen LogP contribution in [-0.2, 0) is 21.8 Å². The maximum atomic E-state index is 13.1. The minimum absolute atomic E-state index is 0.0723. The highest BCUT2D eigenvalue weighted by Crippen LogP contribution is 2.32. The lowest BCUT2D eigenvalue weighted by molar-refractivity contribution is -0.137. The van der Waals surface area contributed by atoms with Gasteiger partial charge < -0.3 is 4.52 Å². The number of hydrogen-bond donors (Lipinski definition) is 0. The minimum atomic E-state index is -4.45. The van der Waals surface area contributed by atoms with Gasteiger partial charge in [-0.05, 0) is 59.7 Å². The lowest BCUT2D eigenvalue weighted by Crippen LogP contribution is -2.17. The van der Waals surface area contributed by atoms with Crippen molar-refractivity contribution in [2.24, 2.45) is 0 Å². The molecule has 0 spiro atoms. The van der Waals surface area contributed by atoms with E-state index in [0.29, 0.717) is 27.7 Å². The summed E-state index contributed by atoms with van der Waals surface area (Å²) in [6, 6.07) is 20.3. The second-order valence-corrected chi connectivity index (χ2v) is 10.1.